The van der Waals surface area contributed by atoms with Crippen molar-refractivity contribution >= 4 is 11.4 Å². The largest absolute Gasteiger partial charge is 0.497 e. The Bertz CT molecular complexity index is 460. The van der Waals surface area contributed by atoms with Gasteiger partial charge in [-0.25, -0.2) is 0 Å². The molecule has 0 aromatic heterocycles. The molecule has 1 N–H and O–H groups in total. The summed E-state index contributed by atoms with van der Waals surface area (Å²) in [6, 6.07) is 4.67. The van der Waals surface area contributed by atoms with Crippen LogP contribution in [-0.2, 0) is 4.74 Å². The molecule has 0 atom stereocenters. The number of nitrogens with one attached hydrogen (secondary N) is 1. The molecule has 0 aliphatic rings. The number of rotatable bonds is 8. The number of nitrogens with zero attached hydrogens (tertiary/aromatic N) is 1. The van der Waals surface area contributed by atoms with Crippen molar-refractivity contribution in [2.24, 2.45) is 5.41 Å². The standard InChI is InChI=1S/C14H22N2O4/c1-14(2,7-8-19-3)10-15-12-9-11(20-4)5-6-13(12)16(17)18/h5-6,9,15H,7-8,10H2,1-4H3. The number of methoxy groups -OCH3 is 2. The van der Waals surface area contributed by atoms with Crippen molar-refractivity contribution < 1.29 is 14.4 Å². The summed E-state index contributed by atoms with van der Waals surface area (Å²) in [5, 5.41) is 14.2. The van der Waals surface area contributed by atoms with E-state index >= 15 is 0 Å². The molecule has 6 nitrogen and oxygen atoms in total. The highest BCUT2D eigenvalue weighted by molar-refractivity contribution is 5.64. The quantitative estimate of drug-likeness (QED) is 0.586. The molecule has 0 saturated heterocycles. The smallest absolute Gasteiger partial charge is 0.292 e. The van der Waals surface area contributed by atoms with Crippen LogP contribution in [0.5, 0.6) is 5.75 Å². The van der Waals surface area contributed by atoms with Crippen LogP contribution in [0.25, 0.3) is 0 Å². The van der Waals surface area contributed by atoms with Crippen LogP contribution in [0.4, 0.5) is 11.4 Å². The van der Waals surface area contributed by atoms with Crippen molar-refractivity contribution in [3.05, 3.63) is 28.3 Å². The number of ether oxygens (including phenoxy) is 2. The summed E-state index contributed by atoms with van der Waals surface area (Å²) in [6.45, 7) is 5.45. The maximum Gasteiger partial charge on any atom is 0.292 e. The Morgan fingerprint density at radius 2 is 2.05 bits per heavy atom. The topological polar surface area (TPSA) is 73.6 Å². The van der Waals surface area contributed by atoms with Crippen LogP contribution in [0.3, 0.4) is 0 Å². The zero-order valence-corrected chi connectivity index (χ0v) is 12.4. The van der Waals surface area contributed by atoms with Crippen LogP contribution in [0.1, 0.15) is 20.3 Å². The van der Waals surface area contributed by atoms with E-state index in [9.17, 15) is 10.1 Å². The first kappa shape index (κ1) is 16.2. The molecular weight excluding hydrogens is 260 g/mol. The van der Waals surface area contributed by atoms with E-state index in [4.69, 9.17) is 9.47 Å². The predicted molar refractivity (Wildman–Crippen MR) is 78.4 cm³/mol. The lowest BCUT2D eigenvalue weighted by Crippen LogP contribution is -2.25. The Hall–Kier alpha value is -1.82. The van der Waals surface area contributed by atoms with Crippen LogP contribution < -0.4 is 10.1 Å². The molecule has 1 aromatic rings. The highest BCUT2D eigenvalue weighted by atomic mass is 16.6. The summed E-state index contributed by atoms with van der Waals surface area (Å²) < 4.78 is 10.2. The van der Waals surface area contributed by atoms with E-state index in [0.717, 1.165) is 6.42 Å². The van der Waals surface area contributed by atoms with Crippen molar-refractivity contribution in [3.8, 4) is 5.75 Å². The fourth-order valence-electron chi connectivity index (χ4n) is 1.74. The first-order chi connectivity index (χ1) is 9.39. The van der Waals surface area contributed by atoms with Gasteiger partial charge in [-0.05, 0) is 17.9 Å². The van der Waals surface area contributed by atoms with Gasteiger partial charge in [0, 0.05) is 32.4 Å². The van der Waals surface area contributed by atoms with Gasteiger partial charge in [0.05, 0.1) is 12.0 Å². The normalized spacial score (nSPS) is 11.2. The number of nitro benzene ring substituents is 1. The van der Waals surface area contributed by atoms with E-state index in [1.165, 1.54) is 13.2 Å². The molecule has 0 fully saturated rings. The van der Waals surface area contributed by atoms with Crippen LogP contribution in [0, 0.1) is 15.5 Å². The number of hydrogen-bond donors (Lipinski definition) is 1. The van der Waals surface area contributed by atoms with E-state index in [0.29, 0.717) is 24.6 Å². The molecule has 20 heavy (non-hydrogen) atoms. The van der Waals surface area contributed by atoms with Gasteiger partial charge in [0.1, 0.15) is 11.4 Å². The van der Waals surface area contributed by atoms with Crippen molar-refractivity contribution in [3.63, 3.8) is 0 Å². The van der Waals surface area contributed by atoms with Crippen LogP contribution in [0.15, 0.2) is 18.2 Å². The average molecular weight is 282 g/mol. The SMILES string of the molecule is COCCC(C)(C)CNc1cc(OC)ccc1[N+](=O)[O-]. The Balaban J connectivity index is 2.82. The molecule has 0 saturated carbocycles. The third-order valence-corrected chi connectivity index (χ3v) is 3.14. The van der Waals surface area contributed by atoms with Crippen molar-refractivity contribution in [2.75, 3.05) is 32.7 Å². The highest BCUT2D eigenvalue weighted by Gasteiger charge is 2.20. The molecule has 0 aliphatic carbocycles. The molecule has 1 aromatic carbocycles. The first-order valence-corrected chi connectivity index (χ1v) is 6.45. The fraction of sp³-hybridized carbons (Fsp3) is 0.571. The number of anilines is 1. The van der Waals surface area contributed by atoms with Gasteiger partial charge in [-0.3, -0.25) is 10.1 Å². The lowest BCUT2D eigenvalue weighted by Gasteiger charge is -2.25. The van der Waals surface area contributed by atoms with Gasteiger partial charge < -0.3 is 14.8 Å². The lowest BCUT2D eigenvalue weighted by atomic mass is 9.89. The molecule has 0 aliphatic heterocycles. The number of benzene rings is 1. The van der Waals surface area contributed by atoms with Crippen molar-refractivity contribution in [2.45, 2.75) is 20.3 Å². The Morgan fingerprint density at radius 3 is 2.60 bits per heavy atom. The fourth-order valence-corrected chi connectivity index (χ4v) is 1.74. The van der Waals surface area contributed by atoms with E-state index in [-0.39, 0.29) is 11.1 Å². The number of nitro groups is 1. The predicted octanol–water partition coefficient (Wildman–Crippen LogP) is 3.08. The molecule has 112 valence electrons. The second-order valence-electron chi connectivity index (χ2n) is 5.40. The molecule has 0 amide bonds. The highest BCUT2D eigenvalue weighted by Crippen LogP contribution is 2.30. The summed E-state index contributed by atoms with van der Waals surface area (Å²) >= 11 is 0. The number of hydrogen-bond acceptors (Lipinski definition) is 5. The molecule has 0 radical (unpaired) electrons. The van der Waals surface area contributed by atoms with Crippen LogP contribution >= 0.6 is 0 Å². The second kappa shape index (κ2) is 7.09. The first-order valence-electron chi connectivity index (χ1n) is 6.45. The molecule has 6 heteroatoms. The van der Waals surface area contributed by atoms with Gasteiger partial charge in [-0.2, -0.15) is 0 Å². The van der Waals surface area contributed by atoms with E-state index in [1.54, 1.807) is 19.2 Å². The summed E-state index contributed by atoms with van der Waals surface area (Å²) in [4.78, 5) is 10.6. The summed E-state index contributed by atoms with van der Waals surface area (Å²) in [6.07, 6.45) is 0.869. The lowest BCUT2D eigenvalue weighted by molar-refractivity contribution is -0.384. The summed E-state index contributed by atoms with van der Waals surface area (Å²) in [7, 11) is 3.20. The minimum Gasteiger partial charge on any atom is -0.497 e. The van der Waals surface area contributed by atoms with Crippen LogP contribution in [0.2, 0.25) is 0 Å². The van der Waals surface area contributed by atoms with E-state index in [2.05, 4.69) is 19.2 Å². The van der Waals surface area contributed by atoms with Crippen molar-refractivity contribution in [1.82, 2.24) is 0 Å². The van der Waals surface area contributed by atoms with Gasteiger partial charge >= 0.3 is 0 Å². The molecule has 0 unspecified atom stereocenters. The maximum absolute atomic E-state index is 11.0. The molecule has 0 bridgehead atoms. The Labute approximate surface area is 119 Å². The Kier molecular flexibility index (Phi) is 5.76. The minimum atomic E-state index is -0.399. The third-order valence-electron chi connectivity index (χ3n) is 3.14. The van der Waals surface area contributed by atoms with Gasteiger partial charge in [-0.1, -0.05) is 13.8 Å². The van der Waals surface area contributed by atoms with Gasteiger partial charge in [0.2, 0.25) is 0 Å². The maximum atomic E-state index is 11.0. The third kappa shape index (κ3) is 4.70. The Morgan fingerprint density at radius 1 is 1.35 bits per heavy atom. The molecule has 1 rings (SSSR count). The van der Waals surface area contributed by atoms with Crippen molar-refractivity contribution in [1.29, 1.82) is 0 Å². The minimum absolute atomic E-state index is 0.0209. The molecule has 0 heterocycles. The summed E-state index contributed by atoms with van der Waals surface area (Å²) in [5.74, 6) is 0.591. The zero-order valence-electron chi connectivity index (χ0n) is 12.4. The monoisotopic (exact) mass is 282 g/mol. The molecule has 0 spiro atoms. The average Bonchev–Trinajstić information content (AvgIpc) is 2.42. The van der Waals surface area contributed by atoms with Gasteiger partial charge in [0.25, 0.3) is 5.69 Å². The second-order valence-corrected chi connectivity index (χ2v) is 5.40. The van der Waals surface area contributed by atoms with E-state index < -0.39 is 4.92 Å². The van der Waals surface area contributed by atoms with Crippen LogP contribution in [-0.4, -0.2) is 32.3 Å². The van der Waals surface area contributed by atoms with Gasteiger partial charge in [0.15, 0.2) is 0 Å². The van der Waals surface area contributed by atoms with Gasteiger partial charge in [-0.15, -0.1) is 0 Å². The molecular formula is C14H22N2O4. The zero-order chi connectivity index (χ0) is 15.2. The summed E-state index contributed by atoms with van der Waals surface area (Å²) in [5.41, 5.74) is 0.501. The van der Waals surface area contributed by atoms with E-state index in [1.807, 2.05) is 0 Å².